The number of aliphatic hydroxyl groups excluding tert-OH is 1. The van der Waals surface area contributed by atoms with Crippen LogP contribution in [0.4, 0.5) is 0 Å². The zero-order valence-electron chi connectivity index (χ0n) is 10.9. The normalized spacial score (nSPS) is 12.6. The molecule has 1 aromatic rings. The summed E-state index contributed by atoms with van der Waals surface area (Å²) in [5.41, 5.74) is 0.181. The lowest BCUT2D eigenvalue weighted by atomic mass is 9.82. The molecule has 1 aromatic carbocycles. The van der Waals surface area contributed by atoms with Gasteiger partial charge in [0.25, 0.3) is 0 Å². The van der Waals surface area contributed by atoms with Gasteiger partial charge in [-0.1, -0.05) is 29.7 Å². The molecule has 0 aliphatic rings. The van der Waals surface area contributed by atoms with Crippen LogP contribution in [0.25, 0.3) is 0 Å². The lowest BCUT2D eigenvalue weighted by molar-refractivity contribution is -0.0893. The zero-order chi connectivity index (χ0) is 13.1. The van der Waals surface area contributed by atoms with Crippen LogP contribution in [0.3, 0.4) is 0 Å². The van der Waals surface area contributed by atoms with Crippen molar-refractivity contribution in [1.82, 2.24) is 0 Å². The highest BCUT2D eigenvalue weighted by Crippen LogP contribution is 2.24. The summed E-state index contributed by atoms with van der Waals surface area (Å²) in [4.78, 5) is 0. The quantitative estimate of drug-likeness (QED) is 0.748. The van der Waals surface area contributed by atoms with Crippen molar-refractivity contribution in [3.63, 3.8) is 0 Å². The van der Waals surface area contributed by atoms with Crippen molar-refractivity contribution in [3.8, 4) is 0 Å². The summed E-state index contributed by atoms with van der Waals surface area (Å²) >= 11 is 0. The first-order valence-corrected chi connectivity index (χ1v) is 5.69. The highest BCUT2D eigenvalue weighted by atomic mass is 16.5. The summed E-state index contributed by atoms with van der Waals surface area (Å²) in [7, 11) is 1.62. The topological polar surface area (TPSA) is 49.7 Å². The van der Waals surface area contributed by atoms with Crippen LogP contribution in [0.15, 0.2) is 24.3 Å². The highest BCUT2D eigenvalue weighted by molar-refractivity contribution is 6.47. The summed E-state index contributed by atoms with van der Waals surface area (Å²) in [6, 6.07) is 7.41. The van der Waals surface area contributed by atoms with Gasteiger partial charge in [-0.25, -0.2) is 0 Å². The molecule has 2 N–H and O–H groups in total. The molecule has 0 unspecified atom stereocenters. The molecule has 1 radical (unpaired) electrons. The SMILES string of the molecule is CC(C)(O)C(C)(C)O[B]c1ccc(CO)cc1. The summed E-state index contributed by atoms with van der Waals surface area (Å²) in [5.74, 6) is 0. The fourth-order valence-electron chi connectivity index (χ4n) is 1.06. The van der Waals surface area contributed by atoms with E-state index in [1.807, 2.05) is 38.1 Å². The third-order valence-corrected chi connectivity index (χ3v) is 3.13. The van der Waals surface area contributed by atoms with Crippen LogP contribution in [0.5, 0.6) is 0 Å². The second-order valence-electron chi connectivity index (χ2n) is 5.20. The van der Waals surface area contributed by atoms with Gasteiger partial charge in [0.05, 0.1) is 17.8 Å². The Labute approximate surface area is 104 Å². The Bertz CT molecular complexity index is 352. The Morgan fingerprint density at radius 1 is 1.12 bits per heavy atom. The molecule has 0 spiro atoms. The van der Waals surface area contributed by atoms with E-state index >= 15 is 0 Å². The van der Waals surface area contributed by atoms with Crippen molar-refractivity contribution in [2.75, 3.05) is 0 Å². The zero-order valence-corrected chi connectivity index (χ0v) is 10.9. The lowest BCUT2D eigenvalue weighted by Crippen LogP contribution is -2.49. The molecule has 0 saturated carbocycles. The molecule has 0 atom stereocenters. The molecular weight excluding hydrogens is 215 g/mol. The molecule has 4 heteroatoms. The number of rotatable bonds is 5. The third-order valence-electron chi connectivity index (χ3n) is 3.13. The van der Waals surface area contributed by atoms with Gasteiger partial charge in [0, 0.05) is 0 Å². The molecule has 1 rings (SSSR count). The van der Waals surface area contributed by atoms with E-state index in [0.717, 1.165) is 11.0 Å². The maximum absolute atomic E-state index is 9.93. The molecule has 0 aliphatic heterocycles. The maximum atomic E-state index is 9.93. The van der Waals surface area contributed by atoms with Crippen molar-refractivity contribution in [2.45, 2.75) is 45.5 Å². The molecule has 0 aliphatic carbocycles. The van der Waals surface area contributed by atoms with Crippen molar-refractivity contribution >= 4 is 12.9 Å². The van der Waals surface area contributed by atoms with Gasteiger partial charge >= 0.3 is 7.48 Å². The predicted molar refractivity (Wildman–Crippen MR) is 69.2 cm³/mol. The Balaban J connectivity index is 2.61. The molecule has 0 saturated heterocycles. The number of aliphatic hydroxyl groups is 2. The first kappa shape index (κ1) is 14.2. The van der Waals surface area contributed by atoms with Gasteiger partial charge in [0.15, 0.2) is 0 Å². The predicted octanol–water partition coefficient (Wildman–Crippen LogP) is 0.989. The second-order valence-corrected chi connectivity index (χ2v) is 5.20. The molecule has 0 aromatic heterocycles. The fourth-order valence-corrected chi connectivity index (χ4v) is 1.06. The van der Waals surface area contributed by atoms with Gasteiger partial charge in [-0.3, -0.25) is 0 Å². The highest BCUT2D eigenvalue weighted by Gasteiger charge is 2.35. The van der Waals surface area contributed by atoms with Crippen LogP contribution < -0.4 is 5.46 Å². The fraction of sp³-hybridized carbons (Fsp3) is 0.538. The van der Waals surface area contributed by atoms with Crippen molar-refractivity contribution in [2.24, 2.45) is 0 Å². The Morgan fingerprint density at radius 2 is 1.65 bits per heavy atom. The van der Waals surface area contributed by atoms with E-state index in [4.69, 9.17) is 9.76 Å². The Kier molecular flexibility index (Phi) is 4.36. The number of benzene rings is 1. The molecule has 93 valence electrons. The first-order chi connectivity index (χ1) is 7.76. The standard InChI is InChI=1S/C13H20BO3/c1-12(2,16)13(3,4)17-14-11-7-5-10(9-15)6-8-11/h5-8,15-16H,9H2,1-4H3. The number of hydrogen-bond donors (Lipinski definition) is 2. The van der Waals surface area contributed by atoms with Gasteiger partial charge < -0.3 is 14.9 Å². The maximum Gasteiger partial charge on any atom is 0.330 e. The molecular formula is C13H20BO3. The average Bonchev–Trinajstić information content (AvgIpc) is 2.25. The van der Waals surface area contributed by atoms with Crippen LogP contribution in [0, 0.1) is 0 Å². The van der Waals surface area contributed by atoms with Crippen molar-refractivity contribution in [1.29, 1.82) is 0 Å². The lowest BCUT2D eigenvalue weighted by Gasteiger charge is -2.37. The minimum Gasteiger partial charge on any atom is -0.427 e. The van der Waals surface area contributed by atoms with Crippen molar-refractivity contribution in [3.05, 3.63) is 29.8 Å². The van der Waals surface area contributed by atoms with E-state index < -0.39 is 11.2 Å². The monoisotopic (exact) mass is 235 g/mol. The molecule has 0 bridgehead atoms. The smallest absolute Gasteiger partial charge is 0.330 e. The van der Waals surface area contributed by atoms with Crippen LogP contribution in [0.1, 0.15) is 33.3 Å². The summed E-state index contributed by atoms with van der Waals surface area (Å²) in [6.07, 6.45) is 0. The van der Waals surface area contributed by atoms with Gasteiger partial charge in [-0.05, 0) is 33.3 Å². The van der Waals surface area contributed by atoms with E-state index in [1.165, 1.54) is 0 Å². The van der Waals surface area contributed by atoms with Crippen molar-refractivity contribution < 1.29 is 14.9 Å². The largest absolute Gasteiger partial charge is 0.427 e. The molecule has 0 amide bonds. The van der Waals surface area contributed by atoms with E-state index in [9.17, 15) is 5.11 Å². The second kappa shape index (κ2) is 5.21. The molecule has 0 fully saturated rings. The molecule has 0 heterocycles. The van der Waals surface area contributed by atoms with Crippen LogP contribution >= 0.6 is 0 Å². The van der Waals surface area contributed by atoms with Gasteiger partial charge in [-0.15, -0.1) is 0 Å². The summed E-state index contributed by atoms with van der Waals surface area (Å²) < 4.78 is 5.62. The number of hydrogen-bond acceptors (Lipinski definition) is 3. The average molecular weight is 235 g/mol. The minimum atomic E-state index is -0.922. The summed E-state index contributed by atoms with van der Waals surface area (Å²) in [6.45, 7) is 7.15. The first-order valence-electron chi connectivity index (χ1n) is 5.69. The van der Waals surface area contributed by atoms with Crippen LogP contribution in [-0.2, 0) is 11.3 Å². The van der Waals surface area contributed by atoms with Gasteiger partial charge in [-0.2, -0.15) is 0 Å². The van der Waals surface area contributed by atoms with Crippen LogP contribution in [-0.4, -0.2) is 28.9 Å². The molecule has 3 nitrogen and oxygen atoms in total. The van der Waals surface area contributed by atoms with E-state index in [-0.39, 0.29) is 6.61 Å². The van der Waals surface area contributed by atoms with Gasteiger partial charge in [0.2, 0.25) is 0 Å². The van der Waals surface area contributed by atoms with Gasteiger partial charge in [0.1, 0.15) is 0 Å². The Hall–Kier alpha value is -0.835. The molecule has 17 heavy (non-hydrogen) atoms. The van der Waals surface area contributed by atoms with E-state index in [2.05, 4.69) is 0 Å². The summed E-state index contributed by atoms with van der Waals surface area (Å²) in [5, 5.41) is 18.8. The van der Waals surface area contributed by atoms with Crippen LogP contribution in [0.2, 0.25) is 0 Å². The Morgan fingerprint density at radius 3 is 2.06 bits per heavy atom. The third kappa shape index (κ3) is 3.84. The van der Waals surface area contributed by atoms with E-state index in [1.54, 1.807) is 21.3 Å². The minimum absolute atomic E-state index is 0.0380. The van der Waals surface area contributed by atoms with E-state index in [0.29, 0.717) is 0 Å².